The molecular weight excluding hydrogens is 470 g/mol. The molecule has 1 saturated heterocycles. The average Bonchev–Trinajstić information content (AvgIpc) is 3.52. The average molecular weight is 502 g/mol. The van der Waals surface area contributed by atoms with Crippen LogP contribution in [0.15, 0.2) is 56.6 Å². The van der Waals surface area contributed by atoms with Crippen LogP contribution in [0.3, 0.4) is 0 Å². The van der Waals surface area contributed by atoms with Crippen molar-refractivity contribution in [1.82, 2.24) is 14.4 Å². The largest absolute Gasteiger partial charge is 0.483 e. The lowest BCUT2D eigenvalue weighted by molar-refractivity contribution is -0.123. The standard InChI is InChI=1S/C23H27N3O2S.2CH2O2/c1-24(10-17-6-8-29-16-17)13-19-4-5-22-20-9-18(12-26(22)23(19)27)11-25(14-20)15-21-3-2-7-28-21;2*2-1-3/h2-8,16,18,20H,9-15H2,1H3;2*1H,(H,2,3)/t18-,20+;;/m0../s1. The number of hydrogen-bond donors (Lipinski definition) is 2. The highest BCUT2D eigenvalue weighted by molar-refractivity contribution is 7.07. The maximum absolute atomic E-state index is 13.2. The topological polar surface area (TPSA) is 116 Å². The molecule has 2 bridgehead atoms. The number of hydrogen-bond acceptors (Lipinski definition) is 7. The SMILES string of the molecule is CN(Cc1ccsc1)Cc1ccc2n(c1=O)C[C@H]1C[C@@H]2CN(Cc2ccco2)C1.O=CO.O=CO. The van der Waals surface area contributed by atoms with Crippen LogP contribution in [-0.2, 0) is 35.8 Å². The van der Waals surface area contributed by atoms with E-state index in [1.165, 1.54) is 17.7 Å². The Morgan fingerprint density at radius 2 is 1.89 bits per heavy atom. The Kier molecular flexibility index (Phi) is 9.83. The molecule has 5 rings (SSSR count). The quantitative estimate of drug-likeness (QED) is 0.495. The molecule has 0 amide bonds. The van der Waals surface area contributed by atoms with Crippen LogP contribution < -0.4 is 5.56 Å². The summed E-state index contributed by atoms with van der Waals surface area (Å²) in [5.74, 6) is 1.99. The molecule has 0 spiro atoms. The summed E-state index contributed by atoms with van der Waals surface area (Å²) >= 11 is 1.72. The minimum Gasteiger partial charge on any atom is -0.483 e. The second-order valence-corrected chi connectivity index (χ2v) is 9.57. The van der Waals surface area contributed by atoms with E-state index in [0.29, 0.717) is 18.4 Å². The minimum atomic E-state index is -0.250. The Balaban J connectivity index is 0.000000520. The Bertz CT molecular complexity index is 1110. The number of likely N-dealkylation sites (tertiary alicyclic amines) is 1. The highest BCUT2D eigenvalue weighted by atomic mass is 32.1. The Labute approximate surface area is 207 Å². The van der Waals surface area contributed by atoms with E-state index in [9.17, 15) is 4.79 Å². The first-order chi connectivity index (χ1) is 17.0. The van der Waals surface area contributed by atoms with Gasteiger partial charge in [-0.25, -0.2) is 0 Å². The van der Waals surface area contributed by atoms with Crippen LogP contribution in [0.25, 0.3) is 0 Å². The van der Waals surface area contributed by atoms with E-state index in [4.69, 9.17) is 24.2 Å². The number of nitrogens with zero attached hydrogens (tertiary/aromatic N) is 3. The highest BCUT2D eigenvalue weighted by Crippen LogP contribution is 2.35. The van der Waals surface area contributed by atoms with Gasteiger partial charge in [0.1, 0.15) is 5.76 Å². The van der Waals surface area contributed by atoms with Gasteiger partial charge in [0.15, 0.2) is 0 Å². The second-order valence-electron chi connectivity index (χ2n) is 8.79. The lowest BCUT2D eigenvalue weighted by atomic mass is 9.83. The lowest BCUT2D eigenvalue weighted by Crippen LogP contribution is -2.47. The van der Waals surface area contributed by atoms with Gasteiger partial charge in [-0.05, 0) is 60.0 Å². The zero-order valence-electron chi connectivity index (χ0n) is 19.7. The van der Waals surface area contributed by atoms with E-state index < -0.39 is 0 Å². The van der Waals surface area contributed by atoms with Crippen molar-refractivity contribution in [3.63, 3.8) is 0 Å². The van der Waals surface area contributed by atoms with Crippen molar-refractivity contribution in [2.24, 2.45) is 5.92 Å². The Morgan fingerprint density at radius 1 is 1.11 bits per heavy atom. The maximum Gasteiger partial charge on any atom is 0.290 e. The third-order valence-corrected chi connectivity index (χ3v) is 6.92. The fourth-order valence-electron chi connectivity index (χ4n) is 5.00. The number of thiophene rings is 1. The third-order valence-electron chi connectivity index (χ3n) is 6.19. The molecule has 0 aliphatic carbocycles. The molecule has 0 radical (unpaired) electrons. The molecule has 2 atom stereocenters. The molecular formula is C25H31N3O6S. The molecule has 3 aromatic rings. The Morgan fingerprint density at radius 3 is 2.54 bits per heavy atom. The predicted octanol–water partition coefficient (Wildman–Crippen LogP) is 3.16. The number of rotatable bonds is 6. The number of piperidine rings is 1. The molecule has 10 heteroatoms. The van der Waals surface area contributed by atoms with E-state index in [1.54, 1.807) is 17.6 Å². The summed E-state index contributed by atoms with van der Waals surface area (Å²) in [7, 11) is 2.09. The third kappa shape index (κ3) is 7.14. The van der Waals surface area contributed by atoms with Crippen LogP contribution >= 0.6 is 11.3 Å². The molecule has 5 heterocycles. The zero-order chi connectivity index (χ0) is 25.2. The molecule has 35 heavy (non-hydrogen) atoms. The first-order valence-corrected chi connectivity index (χ1v) is 12.3. The Hall–Kier alpha value is -3.21. The molecule has 3 aromatic heterocycles. The molecule has 9 nitrogen and oxygen atoms in total. The lowest BCUT2D eigenvalue weighted by Gasteiger charge is -2.42. The summed E-state index contributed by atoms with van der Waals surface area (Å²) < 4.78 is 7.60. The van der Waals surface area contributed by atoms with E-state index in [2.05, 4.69) is 50.4 Å². The molecule has 188 valence electrons. The van der Waals surface area contributed by atoms with Gasteiger partial charge < -0.3 is 19.2 Å². The molecule has 0 aromatic carbocycles. The summed E-state index contributed by atoms with van der Waals surface area (Å²) in [5.41, 5.74) is 3.62. The van der Waals surface area contributed by atoms with Crippen LogP contribution in [0.2, 0.25) is 0 Å². The van der Waals surface area contributed by atoms with Gasteiger partial charge in [0.05, 0.1) is 12.8 Å². The van der Waals surface area contributed by atoms with Crippen molar-refractivity contribution in [3.05, 3.63) is 80.3 Å². The fourth-order valence-corrected chi connectivity index (χ4v) is 5.66. The highest BCUT2D eigenvalue weighted by Gasteiger charge is 2.35. The molecule has 1 fully saturated rings. The van der Waals surface area contributed by atoms with Gasteiger partial charge in [-0.15, -0.1) is 0 Å². The first-order valence-electron chi connectivity index (χ1n) is 11.3. The van der Waals surface area contributed by atoms with E-state index >= 15 is 0 Å². The van der Waals surface area contributed by atoms with E-state index in [1.807, 2.05) is 12.1 Å². The summed E-state index contributed by atoms with van der Waals surface area (Å²) in [6.45, 7) is 4.78. The van der Waals surface area contributed by atoms with Crippen LogP contribution in [0, 0.1) is 5.92 Å². The van der Waals surface area contributed by atoms with Crippen LogP contribution in [0.5, 0.6) is 0 Å². The van der Waals surface area contributed by atoms with E-state index in [0.717, 1.165) is 44.0 Å². The molecule has 2 N–H and O–H groups in total. The monoisotopic (exact) mass is 501 g/mol. The maximum atomic E-state index is 13.2. The van der Waals surface area contributed by atoms with Crippen molar-refractivity contribution in [2.45, 2.75) is 38.5 Å². The van der Waals surface area contributed by atoms with Gasteiger partial charge in [-0.1, -0.05) is 6.07 Å². The second kappa shape index (κ2) is 13.0. The number of carbonyl (C=O) groups is 2. The van der Waals surface area contributed by atoms with Crippen molar-refractivity contribution in [1.29, 1.82) is 0 Å². The van der Waals surface area contributed by atoms with Crippen molar-refractivity contribution < 1.29 is 24.2 Å². The van der Waals surface area contributed by atoms with Crippen LogP contribution in [-0.4, -0.2) is 57.7 Å². The van der Waals surface area contributed by atoms with Gasteiger partial charge in [-0.2, -0.15) is 11.3 Å². The van der Waals surface area contributed by atoms with Crippen LogP contribution in [0.4, 0.5) is 0 Å². The van der Waals surface area contributed by atoms with Crippen molar-refractivity contribution in [2.75, 3.05) is 20.1 Å². The first kappa shape index (κ1) is 26.4. The minimum absolute atomic E-state index is 0.203. The summed E-state index contributed by atoms with van der Waals surface area (Å²) in [4.78, 5) is 34.7. The fraction of sp³-hybridized carbons (Fsp3) is 0.400. The number of aromatic nitrogens is 1. The summed E-state index contributed by atoms with van der Waals surface area (Å²) in [6, 6.07) is 10.4. The van der Waals surface area contributed by atoms with Gasteiger partial charge >= 0.3 is 0 Å². The van der Waals surface area contributed by atoms with Crippen molar-refractivity contribution >= 4 is 24.3 Å². The number of fused-ring (bicyclic) bond motifs is 4. The molecule has 0 unspecified atom stereocenters. The normalized spacial score (nSPS) is 18.5. The summed E-state index contributed by atoms with van der Waals surface area (Å²) in [6.07, 6.45) is 2.93. The molecule has 2 aliphatic heterocycles. The van der Waals surface area contributed by atoms with Gasteiger partial charge in [-0.3, -0.25) is 24.2 Å². The number of carboxylic acid groups (broad SMARTS) is 2. The van der Waals surface area contributed by atoms with Crippen LogP contribution in [0.1, 0.15) is 34.9 Å². The van der Waals surface area contributed by atoms with Gasteiger partial charge in [0.2, 0.25) is 0 Å². The van der Waals surface area contributed by atoms with Crippen molar-refractivity contribution in [3.8, 4) is 0 Å². The van der Waals surface area contributed by atoms with Gasteiger partial charge in [0, 0.05) is 49.9 Å². The zero-order valence-corrected chi connectivity index (χ0v) is 20.5. The number of furan rings is 1. The van der Waals surface area contributed by atoms with E-state index in [-0.39, 0.29) is 18.5 Å². The predicted molar refractivity (Wildman–Crippen MR) is 132 cm³/mol. The molecule has 0 saturated carbocycles. The number of pyridine rings is 1. The smallest absolute Gasteiger partial charge is 0.290 e. The van der Waals surface area contributed by atoms with Gasteiger partial charge in [0.25, 0.3) is 18.5 Å². The summed E-state index contributed by atoms with van der Waals surface area (Å²) in [5, 5.41) is 18.1. The molecule has 2 aliphatic rings.